The average Bonchev–Trinajstić information content (AvgIpc) is 2.72. The molecular formula is C10H20N2O3. The van der Waals surface area contributed by atoms with E-state index < -0.39 is 0 Å². The fourth-order valence-electron chi connectivity index (χ4n) is 1.60. The monoisotopic (exact) mass is 216 g/mol. The van der Waals surface area contributed by atoms with Crippen molar-refractivity contribution >= 4 is 5.91 Å². The van der Waals surface area contributed by atoms with E-state index in [9.17, 15) is 4.79 Å². The summed E-state index contributed by atoms with van der Waals surface area (Å²) in [5, 5.41) is 5.94. The number of methoxy groups -OCH3 is 1. The number of carbonyl (C=O) groups excluding carboxylic acids is 1. The Hall–Kier alpha value is -0.650. The molecule has 2 N–H and O–H groups in total. The second-order valence-electron chi connectivity index (χ2n) is 3.54. The molecule has 1 rings (SSSR count). The minimum absolute atomic E-state index is 0.0363. The van der Waals surface area contributed by atoms with Crippen LogP contribution in [0.25, 0.3) is 0 Å². The van der Waals surface area contributed by atoms with Crippen molar-refractivity contribution in [2.75, 3.05) is 33.4 Å². The molecule has 0 aliphatic carbocycles. The first kappa shape index (κ1) is 12.4. The highest BCUT2D eigenvalue weighted by atomic mass is 16.5. The Kier molecular flexibility index (Phi) is 5.60. The predicted molar refractivity (Wildman–Crippen MR) is 56.7 cm³/mol. The first-order valence-electron chi connectivity index (χ1n) is 5.39. The smallest absolute Gasteiger partial charge is 0.237 e. The van der Waals surface area contributed by atoms with E-state index in [0.717, 1.165) is 13.0 Å². The van der Waals surface area contributed by atoms with E-state index in [1.165, 1.54) is 0 Å². The molecule has 88 valence electrons. The van der Waals surface area contributed by atoms with Crippen molar-refractivity contribution in [3.63, 3.8) is 0 Å². The van der Waals surface area contributed by atoms with Gasteiger partial charge < -0.3 is 20.1 Å². The molecule has 0 bridgehead atoms. The molecule has 1 heterocycles. The van der Waals surface area contributed by atoms with Crippen molar-refractivity contribution in [2.24, 2.45) is 0 Å². The average molecular weight is 216 g/mol. The summed E-state index contributed by atoms with van der Waals surface area (Å²) in [6, 6.07) is -0.114. The number of hydrogen-bond donors (Lipinski definition) is 2. The Labute approximate surface area is 90.5 Å². The molecule has 1 saturated heterocycles. The van der Waals surface area contributed by atoms with Gasteiger partial charge in [0.25, 0.3) is 0 Å². The first-order chi connectivity index (χ1) is 7.27. The van der Waals surface area contributed by atoms with Crippen LogP contribution in [0.4, 0.5) is 0 Å². The maximum absolute atomic E-state index is 11.6. The summed E-state index contributed by atoms with van der Waals surface area (Å²) in [5.41, 5.74) is 0. The van der Waals surface area contributed by atoms with Crippen LogP contribution < -0.4 is 10.6 Å². The Morgan fingerprint density at radius 1 is 1.60 bits per heavy atom. The van der Waals surface area contributed by atoms with Crippen LogP contribution in [0.2, 0.25) is 0 Å². The second kappa shape index (κ2) is 6.76. The Morgan fingerprint density at radius 2 is 2.40 bits per heavy atom. The summed E-state index contributed by atoms with van der Waals surface area (Å²) in [4.78, 5) is 11.6. The van der Waals surface area contributed by atoms with Gasteiger partial charge in [0.2, 0.25) is 5.91 Å². The molecule has 0 aromatic carbocycles. The van der Waals surface area contributed by atoms with Crippen molar-refractivity contribution in [3.8, 4) is 0 Å². The van der Waals surface area contributed by atoms with Gasteiger partial charge in [0, 0.05) is 26.8 Å². The van der Waals surface area contributed by atoms with Crippen molar-refractivity contribution in [1.82, 2.24) is 10.6 Å². The van der Waals surface area contributed by atoms with Gasteiger partial charge in [-0.1, -0.05) is 0 Å². The molecule has 0 saturated carbocycles. The van der Waals surface area contributed by atoms with Gasteiger partial charge in [-0.05, 0) is 13.3 Å². The highest BCUT2D eigenvalue weighted by Gasteiger charge is 2.28. The molecule has 5 heteroatoms. The summed E-state index contributed by atoms with van der Waals surface area (Å²) >= 11 is 0. The number of amides is 1. The molecule has 2 atom stereocenters. The number of carbonyl (C=O) groups is 1. The highest BCUT2D eigenvalue weighted by molar-refractivity contribution is 5.82. The maximum Gasteiger partial charge on any atom is 0.237 e. The summed E-state index contributed by atoms with van der Waals surface area (Å²) < 4.78 is 10.3. The van der Waals surface area contributed by atoms with Gasteiger partial charge in [0.05, 0.1) is 18.8 Å². The SMILES string of the molecule is CCOCCNC(=O)C1CC(OC)CN1. The van der Waals surface area contributed by atoms with Crippen molar-refractivity contribution in [3.05, 3.63) is 0 Å². The standard InChI is InChI=1S/C10H20N2O3/c1-3-15-5-4-11-10(13)9-6-8(14-2)7-12-9/h8-9,12H,3-7H2,1-2H3,(H,11,13). The minimum atomic E-state index is -0.114. The molecule has 2 unspecified atom stereocenters. The van der Waals surface area contributed by atoms with Gasteiger partial charge in [0.1, 0.15) is 0 Å². The number of rotatable bonds is 6. The first-order valence-corrected chi connectivity index (χ1v) is 5.39. The Morgan fingerprint density at radius 3 is 3.00 bits per heavy atom. The molecule has 1 amide bonds. The number of nitrogens with one attached hydrogen (secondary N) is 2. The van der Waals surface area contributed by atoms with Crippen molar-refractivity contribution in [1.29, 1.82) is 0 Å². The van der Waals surface area contributed by atoms with Crippen LogP contribution in [0.3, 0.4) is 0 Å². The lowest BCUT2D eigenvalue weighted by molar-refractivity contribution is -0.123. The third-order valence-electron chi connectivity index (χ3n) is 2.49. The quantitative estimate of drug-likeness (QED) is 0.589. The zero-order valence-corrected chi connectivity index (χ0v) is 9.41. The molecular weight excluding hydrogens is 196 g/mol. The minimum Gasteiger partial charge on any atom is -0.380 e. The molecule has 0 radical (unpaired) electrons. The van der Waals surface area contributed by atoms with Gasteiger partial charge in [-0.2, -0.15) is 0 Å². The summed E-state index contributed by atoms with van der Waals surface area (Å²) in [6.45, 7) is 4.51. The summed E-state index contributed by atoms with van der Waals surface area (Å²) in [5.74, 6) is 0.0363. The normalized spacial score (nSPS) is 25.5. The van der Waals surface area contributed by atoms with Crippen LogP contribution in [0, 0.1) is 0 Å². The van der Waals surface area contributed by atoms with E-state index in [4.69, 9.17) is 9.47 Å². The second-order valence-corrected chi connectivity index (χ2v) is 3.54. The molecule has 0 aromatic heterocycles. The van der Waals surface area contributed by atoms with Crippen LogP contribution in [0.5, 0.6) is 0 Å². The molecule has 1 aliphatic rings. The molecule has 1 fully saturated rings. The third-order valence-corrected chi connectivity index (χ3v) is 2.49. The maximum atomic E-state index is 11.6. The molecule has 5 nitrogen and oxygen atoms in total. The van der Waals surface area contributed by atoms with Crippen molar-refractivity contribution < 1.29 is 14.3 Å². The zero-order chi connectivity index (χ0) is 11.1. The van der Waals surface area contributed by atoms with Gasteiger partial charge in [0.15, 0.2) is 0 Å². The summed E-state index contributed by atoms with van der Waals surface area (Å²) in [7, 11) is 1.67. The number of hydrogen-bond acceptors (Lipinski definition) is 4. The van der Waals surface area contributed by atoms with Crippen LogP contribution in [0.15, 0.2) is 0 Å². The zero-order valence-electron chi connectivity index (χ0n) is 9.41. The van der Waals surface area contributed by atoms with Gasteiger partial charge in [-0.25, -0.2) is 0 Å². The highest BCUT2D eigenvalue weighted by Crippen LogP contribution is 2.09. The molecule has 0 aromatic rings. The lowest BCUT2D eigenvalue weighted by atomic mass is 10.2. The topological polar surface area (TPSA) is 59.6 Å². The van der Waals surface area contributed by atoms with Crippen LogP contribution in [0.1, 0.15) is 13.3 Å². The van der Waals surface area contributed by atoms with E-state index in [-0.39, 0.29) is 18.1 Å². The van der Waals surface area contributed by atoms with Gasteiger partial charge >= 0.3 is 0 Å². The predicted octanol–water partition coefficient (Wildman–Crippen LogP) is -0.484. The molecule has 0 spiro atoms. The molecule has 15 heavy (non-hydrogen) atoms. The third kappa shape index (κ3) is 4.15. The lowest BCUT2D eigenvalue weighted by Gasteiger charge is -2.11. The van der Waals surface area contributed by atoms with E-state index in [0.29, 0.717) is 19.8 Å². The van der Waals surface area contributed by atoms with Gasteiger partial charge in [-0.3, -0.25) is 4.79 Å². The molecule has 1 aliphatic heterocycles. The van der Waals surface area contributed by atoms with E-state index in [1.54, 1.807) is 7.11 Å². The lowest BCUT2D eigenvalue weighted by Crippen LogP contribution is -2.41. The number of ether oxygens (including phenoxy) is 2. The van der Waals surface area contributed by atoms with E-state index in [2.05, 4.69) is 10.6 Å². The van der Waals surface area contributed by atoms with E-state index in [1.807, 2.05) is 6.92 Å². The Bertz CT molecular complexity index is 199. The van der Waals surface area contributed by atoms with E-state index >= 15 is 0 Å². The largest absolute Gasteiger partial charge is 0.380 e. The Balaban J connectivity index is 2.12. The van der Waals surface area contributed by atoms with Gasteiger partial charge in [-0.15, -0.1) is 0 Å². The summed E-state index contributed by atoms with van der Waals surface area (Å²) in [6.07, 6.45) is 0.907. The fourth-order valence-corrected chi connectivity index (χ4v) is 1.60. The fraction of sp³-hybridized carbons (Fsp3) is 0.900. The van der Waals surface area contributed by atoms with Crippen LogP contribution in [-0.2, 0) is 14.3 Å². The van der Waals surface area contributed by atoms with Crippen molar-refractivity contribution in [2.45, 2.75) is 25.5 Å². The van der Waals surface area contributed by atoms with Crippen LogP contribution >= 0.6 is 0 Å². The van der Waals surface area contributed by atoms with Crippen LogP contribution in [-0.4, -0.2) is 51.5 Å².